The largest absolute Gasteiger partial charge is 0.441 e. The monoisotopic (exact) mass is 524 g/mol. The molecular weight excluding hydrogens is 500 g/mol. The molecule has 1 unspecified atom stereocenters. The lowest BCUT2D eigenvalue weighted by atomic mass is 10.0. The minimum absolute atomic E-state index is 0.316. The topological polar surface area (TPSA) is 98.5 Å². The van der Waals surface area contributed by atoms with Crippen molar-refractivity contribution in [2.45, 2.75) is 31.3 Å². The van der Waals surface area contributed by atoms with Crippen LogP contribution in [0.3, 0.4) is 0 Å². The van der Waals surface area contributed by atoms with Crippen molar-refractivity contribution in [3.05, 3.63) is 100 Å². The Balaban J connectivity index is 1.50. The van der Waals surface area contributed by atoms with Gasteiger partial charge < -0.3 is 9.26 Å². The number of anilines is 1. The second kappa shape index (κ2) is 10.6. The van der Waals surface area contributed by atoms with Crippen molar-refractivity contribution in [1.82, 2.24) is 5.16 Å². The van der Waals surface area contributed by atoms with E-state index in [2.05, 4.69) is 10.5 Å². The summed E-state index contributed by atoms with van der Waals surface area (Å²) >= 11 is 6.20. The van der Waals surface area contributed by atoms with Gasteiger partial charge in [-0.05, 0) is 43.5 Å². The quantitative estimate of drug-likeness (QED) is 0.292. The van der Waals surface area contributed by atoms with Crippen LogP contribution < -0.4 is 5.32 Å². The number of benzene rings is 3. The number of nitrogens with one attached hydrogen (secondary N) is 1. The molecule has 4 rings (SSSR count). The second-order valence-electron chi connectivity index (χ2n) is 8.42. The van der Waals surface area contributed by atoms with Crippen LogP contribution in [0, 0.1) is 6.92 Å². The van der Waals surface area contributed by atoms with Gasteiger partial charge in [0.2, 0.25) is 0 Å². The van der Waals surface area contributed by atoms with Crippen LogP contribution in [0.25, 0.3) is 11.3 Å². The number of carbonyl (C=O) groups is 1. The Morgan fingerprint density at radius 2 is 1.72 bits per heavy atom. The van der Waals surface area contributed by atoms with Gasteiger partial charge in [0.15, 0.2) is 15.6 Å². The number of ether oxygens (including phenoxy) is 1. The number of hydrogen-bond donors (Lipinski definition) is 1. The molecule has 0 spiro atoms. The van der Waals surface area contributed by atoms with Crippen LogP contribution in [0.2, 0.25) is 5.02 Å². The lowest BCUT2D eigenvalue weighted by molar-refractivity contribution is 0.121. The van der Waals surface area contributed by atoms with E-state index in [1.54, 1.807) is 50.2 Å². The third-order valence-corrected chi connectivity index (χ3v) is 7.24. The zero-order valence-corrected chi connectivity index (χ0v) is 21.6. The van der Waals surface area contributed by atoms with E-state index in [1.165, 1.54) is 6.26 Å². The summed E-state index contributed by atoms with van der Waals surface area (Å²) in [6.07, 6.45) is 0.437. The molecule has 0 radical (unpaired) electrons. The van der Waals surface area contributed by atoms with Crippen molar-refractivity contribution >= 4 is 33.2 Å². The molecule has 0 aliphatic rings. The van der Waals surface area contributed by atoms with E-state index in [9.17, 15) is 13.2 Å². The third-order valence-electron chi connectivity index (χ3n) is 5.70. The number of aromatic nitrogens is 1. The van der Waals surface area contributed by atoms with Crippen molar-refractivity contribution in [3.63, 3.8) is 0 Å². The van der Waals surface area contributed by atoms with Crippen molar-refractivity contribution in [2.24, 2.45) is 0 Å². The minimum Gasteiger partial charge on any atom is -0.441 e. The fourth-order valence-electron chi connectivity index (χ4n) is 3.88. The number of halogens is 1. The van der Waals surface area contributed by atoms with E-state index in [1.807, 2.05) is 36.4 Å². The molecule has 1 aromatic heterocycles. The first-order valence-corrected chi connectivity index (χ1v) is 13.5. The van der Waals surface area contributed by atoms with Gasteiger partial charge in [0.25, 0.3) is 0 Å². The molecule has 1 atom stereocenters. The number of sulfone groups is 1. The number of hydrogen-bond acceptors (Lipinski definition) is 6. The molecule has 0 fully saturated rings. The van der Waals surface area contributed by atoms with Gasteiger partial charge in [0, 0.05) is 22.4 Å². The Bertz CT molecular complexity index is 1500. The van der Waals surface area contributed by atoms with Gasteiger partial charge >= 0.3 is 6.09 Å². The molecule has 7 nitrogen and oxygen atoms in total. The molecule has 36 heavy (non-hydrogen) atoms. The fourth-order valence-corrected chi connectivity index (χ4v) is 5.11. The third kappa shape index (κ3) is 5.78. The van der Waals surface area contributed by atoms with Gasteiger partial charge in [-0.25, -0.2) is 13.2 Å². The average molecular weight is 525 g/mol. The lowest BCUT2D eigenvalue weighted by Crippen LogP contribution is -2.17. The smallest absolute Gasteiger partial charge is 0.412 e. The number of carbonyl (C=O) groups excluding carboxylic acids is 1. The Morgan fingerprint density at radius 1 is 1.06 bits per heavy atom. The Labute approximate surface area is 215 Å². The highest BCUT2D eigenvalue weighted by Crippen LogP contribution is 2.32. The molecule has 0 bridgehead atoms. The van der Waals surface area contributed by atoms with Crippen LogP contribution in [-0.2, 0) is 21.0 Å². The summed E-state index contributed by atoms with van der Waals surface area (Å²) in [5.74, 6) is 0.387. The zero-order valence-electron chi connectivity index (χ0n) is 20.0. The predicted octanol–water partition coefficient (Wildman–Crippen LogP) is 6.61. The molecule has 1 heterocycles. The second-order valence-corrected chi connectivity index (χ2v) is 10.8. The SMILES string of the molecule is Cc1noc(-c2ccc(Cc3ccccc3S(C)(=O)=O)cc2)c1NC(=O)OC(C)c1ccccc1Cl. The summed E-state index contributed by atoms with van der Waals surface area (Å²) in [4.78, 5) is 12.9. The molecule has 9 heteroatoms. The average Bonchev–Trinajstić information content (AvgIpc) is 3.19. The van der Waals surface area contributed by atoms with Crippen LogP contribution in [0.1, 0.15) is 35.4 Å². The minimum atomic E-state index is -3.33. The normalized spacial score (nSPS) is 12.2. The van der Waals surface area contributed by atoms with Crippen molar-refractivity contribution < 1.29 is 22.5 Å². The first-order valence-electron chi connectivity index (χ1n) is 11.2. The van der Waals surface area contributed by atoms with E-state index in [-0.39, 0.29) is 0 Å². The molecule has 0 aliphatic heterocycles. The van der Waals surface area contributed by atoms with Crippen LogP contribution in [-0.4, -0.2) is 25.9 Å². The molecule has 3 aromatic carbocycles. The van der Waals surface area contributed by atoms with E-state index < -0.39 is 22.0 Å². The van der Waals surface area contributed by atoms with Crippen molar-refractivity contribution in [3.8, 4) is 11.3 Å². The first-order chi connectivity index (χ1) is 17.1. The lowest BCUT2D eigenvalue weighted by Gasteiger charge is -2.15. The maximum Gasteiger partial charge on any atom is 0.412 e. The van der Waals surface area contributed by atoms with Gasteiger partial charge in [-0.3, -0.25) is 5.32 Å². The number of rotatable bonds is 7. The summed E-state index contributed by atoms with van der Waals surface area (Å²) in [6.45, 7) is 3.46. The van der Waals surface area contributed by atoms with Crippen molar-refractivity contribution in [2.75, 3.05) is 11.6 Å². The van der Waals surface area contributed by atoms with Gasteiger partial charge in [0.1, 0.15) is 17.5 Å². The highest BCUT2D eigenvalue weighted by atomic mass is 35.5. The first kappa shape index (κ1) is 25.5. The van der Waals surface area contributed by atoms with Crippen LogP contribution in [0.15, 0.2) is 82.2 Å². The van der Waals surface area contributed by atoms with E-state index >= 15 is 0 Å². The van der Waals surface area contributed by atoms with Crippen LogP contribution >= 0.6 is 11.6 Å². The highest BCUT2D eigenvalue weighted by molar-refractivity contribution is 7.90. The Kier molecular flexibility index (Phi) is 7.47. The van der Waals surface area contributed by atoms with Crippen LogP contribution in [0.5, 0.6) is 0 Å². The van der Waals surface area contributed by atoms with E-state index in [0.29, 0.717) is 44.6 Å². The van der Waals surface area contributed by atoms with Gasteiger partial charge in [-0.15, -0.1) is 0 Å². The van der Waals surface area contributed by atoms with Crippen LogP contribution in [0.4, 0.5) is 10.5 Å². The molecule has 4 aromatic rings. The molecule has 0 saturated carbocycles. The molecule has 1 amide bonds. The highest BCUT2D eigenvalue weighted by Gasteiger charge is 2.21. The maximum atomic E-state index is 12.6. The Hall–Kier alpha value is -3.62. The summed E-state index contributed by atoms with van der Waals surface area (Å²) in [5.41, 5.74) is 3.95. The van der Waals surface area contributed by atoms with Gasteiger partial charge in [0.05, 0.1) is 4.90 Å². The fraction of sp³-hybridized carbons (Fsp3) is 0.185. The summed E-state index contributed by atoms with van der Waals surface area (Å²) < 4.78 is 35.2. The summed E-state index contributed by atoms with van der Waals surface area (Å²) in [7, 11) is -3.33. The molecular formula is C27H25ClN2O5S. The standard InChI is InChI=1S/C27H25ClN2O5S/c1-17-25(29-27(31)34-18(2)22-9-5-6-10-23(22)28)26(35-30-17)20-14-12-19(13-15-20)16-21-8-4-7-11-24(21)36(3,32)33/h4-15,18H,16H2,1-3H3,(H,29,31). The van der Waals surface area contributed by atoms with E-state index in [0.717, 1.165) is 11.1 Å². The Morgan fingerprint density at radius 3 is 2.42 bits per heavy atom. The predicted molar refractivity (Wildman–Crippen MR) is 139 cm³/mol. The van der Waals surface area contributed by atoms with Crippen molar-refractivity contribution in [1.29, 1.82) is 0 Å². The maximum absolute atomic E-state index is 12.6. The molecule has 1 N–H and O–H groups in total. The summed E-state index contributed by atoms with van der Waals surface area (Å²) in [6, 6.07) is 21.5. The molecule has 186 valence electrons. The molecule has 0 aliphatic carbocycles. The number of aryl methyl sites for hydroxylation is 1. The van der Waals surface area contributed by atoms with Gasteiger partial charge in [-0.1, -0.05) is 77.4 Å². The zero-order chi connectivity index (χ0) is 25.9. The number of amides is 1. The van der Waals surface area contributed by atoms with Gasteiger partial charge in [-0.2, -0.15) is 0 Å². The van der Waals surface area contributed by atoms with E-state index in [4.69, 9.17) is 20.9 Å². The number of nitrogens with zero attached hydrogens (tertiary/aromatic N) is 1. The molecule has 0 saturated heterocycles. The summed E-state index contributed by atoms with van der Waals surface area (Å²) in [5, 5.41) is 7.23.